The van der Waals surface area contributed by atoms with E-state index in [0.29, 0.717) is 5.71 Å². The molecule has 1 aliphatic rings. The topological polar surface area (TPSA) is 87.8 Å². The molecule has 1 unspecified atom stereocenters. The Balaban J connectivity index is 2.67. The number of thiocarbonyl (C=S) groups is 1. The van der Waals surface area contributed by atoms with Gasteiger partial charge in [0.2, 0.25) is 0 Å². The molecule has 0 saturated carbocycles. The highest BCUT2D eigenvalue weighted by atomic mass is 32.2. The summed E-state index contributed by atoms with van der Waals surface area (Å²) in [6, 6.07) is 3.00. The fourth-order valence-electron chi connectivity index (χ4n) is 2.17. The Hall–Kier alpha value is -1.58. The van der Waals surface area contributed by atoms with Gasteiger partial charge in [-0.05, 0) is 44.5 Å². The van der Waals surface area contributed by atoms with Crippen molar-refractivity contribution in [3.63, 3.8) is 0 Å². The van der Waals surface area contributed by atoms with Crippen LogP contribution in [0.1, 0.15) is 5.56 Å². The first-order valence-corrected chi connectivity index (χ1v) is 8.10. The maximum atomic E-state index is 13.5. The molecule has 0 saturated heterocycles. The van der Waals surface area contributed by atoms with Crippen LogP contribution in [0.25, 0.3) is 0 Å². The van der Waals surface area contributed by atoms with E-state index in [2.05, 4.69) is 10.5 Å². The highest BCUT2D eigenvalue weighted by Gasteiger charge is 2.36. The van der Waals surface area contributed by atoms with Crippen molar-refractivity contribution in [3.05, 3.63) is 29.6 Å². The van der Waals surface area contributed by atoms with Crippen molar-refractivity contribution >= 4 is 32.9 Å². The largest absolute Gasteiger partial charge is 0.375 e. The fourth-order valence-corrected chi connectivity index (χ4v) is 4.04. The van der Waals surface area contributed by atoms with E-state index in [4.69, 9.17) is 18.0 Å². The summed E-state index contributed by atoms with van der Waals surface area (Å²) < 4.78 is 38.1. The highest BCUT2D eigenvalue weighted by molar-refractivity contribution is 7.91. The van der Waals surface area contributed by atoms with Crippen LogP contribution < -0.4 is 11.2 Å². The molecule has 114 valence electrons. The zero-order valence-electron chi connectivity index (χ0n) is 11.5. The van der Waals surface area contributed by atoms with Crippen molar-refractivity contribution in [2.75, 3.05) is 19.8 Å². The summed E-state index contributed by atoms with van der Waals surface area (Å²) in [5.74, 6) is -0.678. The summed E-state index contributed by atoms with van der Waals surface area (Å²) >= 11 is 4.69. The third kappa shape index (κ3) is 3.20. The number of sulfone groups is 1. The van der Waals surface area contributed by atoms with E-state index in [-0.39, 0.29) is 21.3 Å². The van der Waals surface area contributed by atoms with Gasteiger partial charge in [0.15, 0.2) is 14.9 Å². The Morgan fingerprint density at radius 1 is 1.52 bits per heavy atom. The molecular formula is C12H15FN4O2S2. The summed E-state index contributed by atoms with van der Waals surface area (Å²) in [5, 5.41) is 4.01. The molecule has 1 heterocycles. The molecule has 21 heavy (non-hydrogen) atoms. The lowest BCUT2D eigenvalue weighted by Gasteiger charge is -2.31. The van der Waals surface area contributed by atoms with Crippen LogP contribution in [0, 0.1) is 5.82 Å². The van der Waals surface area contributed by atoms with Gasteiger partial charge in [0.25, 0.3) is 0 Å². The number of nitrogens with two attached hydrogens (primary N) is 1. The number of rotatable bonds is 2. The molecule has 1 aliphatic heterocycles. The van der Waals surface area contributed by atoms with Crippen LogP contribution in [0.2, 0.25) is 0 Å². The molecule has 0 spiro atoms. The fraction of sp³-hybridized carbons (Fsp3) is 0.333. The van der Waals surface area contributed by atoms with Gasteiger partial charge in [-0.15, -0.1) is 0 Å². The van der Waals surface area contributed by atoms with Crippen LogP contribution in [-0.2, 0) is 9.84 Å². The average molecular weight is 330 g/mol. The van der Waals surface area contributed by atoms with Crippen molar-refractivity contribution in [2.45, 2.75) is 10.9 Å². The predicted molar refractivity (Wildman–Crippen MR) is 82.4 cm³/mol. The molecule has 6 nitrogen and oxygen atoms in total. The standard InChI is InChI=1S/C12H15FN4O2S2/c1-17(2)9-6-21(18,19)10-4-3-7(13)5-8(10)11(9)15-16-12(14)20/h3-5,9H,6H2,1-2H3,(H3,14,16,20)/b15-11-. The van der Waals surface area contributed by atoms with Gasteiger partial charge in [-0.3, -0.25) is 10.3 Å². The predicted octanol–water partition coefficient (Wildman–Crippen LogP) is 0.0805. The molecule has 0 aromatic heterocycles. The zero-order chi connectivity index (χ0) is 15.8. The molecule has 3 N–H and O–H groups in total. The van der Waals surface area contributed by atoms with Crippen LogP contribution in [0.3, 0.4) is 0 Å². The second-order valence-electron chi connectivity index (χ2n) is 4.87. The summed E-state index contributed by atoms with van der Waals surface area (Å²) in [6.45, 7) is 0. The van der Waals surface area contributed by atoms with Crippen LogP contribution in [-0.4, -0.2) is 50.0 Å². The molecule has 0 radical (unpaired) electrons. The third-order valence-corrected chi connectivity index (χ3v) is 5.03. The maximum Gasteiger partial charge on any atom is 0.184 e. The molecule has 1 atom stereocenters. The molecule has 0 fully saturated rings. The molecule has 2 rings (SSSR count). The molecule has 0 aliphatic carbocycles. The third-order valence-electron chi connectivity index (χ3n) is 3.16. The summed E-state index contributed by atoms with van der Waals surface area (Å²) in [7, 11) is -0.0596. The number of benzene rings is 1. The summed E-state index contributed by atoms with van der Waals surface area (Å²) in [5.41, 5.74) is 8.39. The van der Waals surface area contributed by atoms with Crippen molar-refractivity contribution in [1.82, 2.24) is 10.3 Å². The molecule has 1 aromatic carbocycles. The SMILES string of the molecule is CN(C)C1CS(=O)(=O)c2ccc(F)cc2/C1=N/NC(N)=S. The normalized spacial score (nSPS) is 22.1. The lowest BCUT2D eigenvalue weighted by Crippen LogP contribution is -2.46. The van der Waals surface area contributed by atoms with Gasteiger partial charge >= 0.3 is 0 Å². The van der Waals surface area contributed by atoms with Gasteiger partial charge in [0.1, 0.15) is 5.82 Å². The summed E-state index contributed by atoms with van der Waals surface area (Å²) in [4.78, 5) is 1.76. The molecule has 9 heteroatoms. The number of fused-ring (bicyclic) bond motifs is 1. The van der Waals surface area contributed by atoms with Crippen LogP contribution in [0.15, 0.2) is 28.2 Å². The number of halogens is 1. The number of hydrazone groups is 1. The van der Waals surface area contributed by atoms with Gasteiger partial charge in [0.05, 0.1) is 22.4 Å². The molecular weight excluding hydrogens is 315 g/mol. The Bertz CT molecular complexity index is 716. The van der Waals surface area contributed by atoms with E-state index >= 15 is 0 Å². The van der Waals surface area contributed by atoms with Crippen LogP contribution in [0.5, 0.6) is 0 Å². The van der Waals surface area contributed by atoms with Crippen molar-refractivity contribution in [3.8, 4) is 0 Å². The smallest absolute Gasteiger partial charge is 0.184 e. The van der Waals surface area contributed by atoms with E-state index in [1.807, 2.05) is 0 Å². The quantitative estimate of drug-likeness (QED) is 0.454. The van der Waals surface area contributed by atoms with E-state index < -0.39 is 21.7 Å². The van der Waals surface area contributed by atoms with Gasteiger partial charge < -0.3 is 5.73 Å². The Morgan fingerprint density at radius 2 is 2.19 bits per heavy atom. The second kappa shape index (κ2) is 5.66. The number of nitrogens with zero attached hydrogens (tertiary/aromatic N) is 2. The highest BCUT2D eigenvalue weighted by Crippen LogP contribution is 2.28. The Kier molecular flexibility index (Phi) is 4.26. The van der Waals surface area contributed by atoms with Crippen molar-refractivity contribution in [1.29, 1.82) is 0 Å². The van der Waals surface area contributed by atoms with Gasteiger partial charge in [-0.25, -0.2) is 12.8 Å². The first-order valence-electron chi connectivity index (χ1n) is 6.04. The first kappa shape index (κ1) is 15.8. The van der Waals surface area contributed by atoms with E-state index in [0.717, 1.165) is 12.1 Å². The van der Waals surface area contributed by atoms with Crippen LogP contribution >= 0.6 is 12.2 Å². The maximum absolute atomic E-state index is 13.5. The number of hydrogen-bond donors (Lipinski definition) is 2. The summed E-state index contributed by atoms with van der Waals surface area (Å²) in [6.07, 6.45) is 0. The lowest BCUT2D eigenvalue weighted by molar-refractivity contribution is 0.378. The molecule has 0 bridgehead atoms. The van der Waals surface area contributed by atoms with E-state index in [1.54, 1.807) is 19.0 Å². The molecule has 0 amide bonds. The van der Waals surface area contributed by atoms with Gasteiger partial charge in [0, 0.05) is 5.56 Å². The number of hydrogen-bond acceptors (Lipinski definition) is 5. The number of nitrogens with one attached hydrogen (secondary N) is 1. The monoisotopic (exact) mass is 330 g/mol. The Morgan fingerprint density at radius 3 is 2.76 bits per heavy atom. The molecule has 1 aromatic rings. The average Bonchev–Trinajstić information content (AvgIpc) is 2.36. The second-order valence-corrected chi connectivity index (χ2v) is 7.32. The first-order chi connectivity index (χ1) is 9.72. The minimum atomic E-state index is -3.51. The Labute approximate surface area is 127 Å². The van der Waals surface area contributed by atoms with Gasteiger partial charge in [-0.1, -0.05) is 0 Å². The lowest BCUT2D eigenvalue weighted by atomic mass is 10.0. The van der Waals surface area contributed by atoms with Crippen molar-refractivity contribution in [2.24, 2.45) is 10.8 Å². The minimum Gasteiger partial charge on any atom is -0.375 e. The van der Waals surface area contributed by atoms with E-state index in [9.17, 15) is 12.8 Å². The zero-order valence-corrected chi connectivity index (χ0v) is 13.1. The van der Waals surface area contributed by atoms with E-state index in [1.165, 1.54) is 6.07 Å². The minimum absolute atomic E-state index is 0.0496. The van der Waals surface area contributed by atoms with Gasteiger partial charge in [-0.2, -0.15) is 5.10 Å². The van der Waals surface area contributed by atoms with Crippen LogP contribution in [0.4, 0.5) is 4.39 Å². The number of likely N-dealkylation sites (N-methyl/N-ethyl adjacent to an activating group) is 1. The van der Waals surface area contributed by atoms with Crippen molar-refractivity contribution < 1.29 is 12.8 Å².